The Labute approximate surface area is 101 Å². The molecule has 0 fully saturated rings. The van der Waals surface area contributed by atoms with Gasteiger partial charge in [-0.3, -0.25) is 4.89 Å². The number of hydrogen-bond acceptors (Lipinski definition) is 4. The quantitative estimate of drug-likeness (QED) is 0.299. The van der Waals surface area contributed by atoms with Gasteiger partial charge in [0.15, 0.2) is 0 Å². The second-order valence-electron chi connectivity index (χ2n) is 3.28. The van der Waals surface area contributed by atoms with E-state index < -0.39 is 5.97 Å². The standard InChI is InChI=1S/C13H16O4/c1-2-13(14)17-16-11-10-15-9-8-12-6-4-3-5-7-12/h2-7H,1,8-11H2. The fourth-order valence-electron chi connectivity index (χ4n) is 1.16. The zero-order valence-electron chi connectivity index (χ0n) is 9.63. The molecule has 0 saturated carbocycles. The van der Waals surface area contributed by atoms with E-state index in [0.717, 1.165) is 12.5 Å². The number of carbonyl (C=O) groups excluding carboxylic acids is 1. The van der Waals surface area contributed by atoms with E-state index in [1.165, 1.54) is 5.56 Å². The Morgan fingerprint density at radius 2 is 1.94 bits per heavy atom. The van der Waals surface area contributed by atoms with Crippen molar-refractivity contribution < 1.29 is 19.3 Å². The fourth-order valence-corrected chi connectivity index (χ4v) is 1.16. The fraction of sp³-hybridized carbons (Fsp3) is 0.308. The first-order valence-electron chi connectivity index (χ1n) is 5.40. The van der Waals surface area contributed by atoms with E-state index in [1.807, 2.05) is 30.3 Å². The summed E-state index contributed by atoms with van der Waals surface area (Å²) in [6.45, 7) is 4.45. The number of benzene rings is 1. The molecule has 0 aromatic heterocycles. The van der Waals surface area contributed by atoms with E-state index in [1.54, 1.807) is 0 Å². The van der Waals surface area contributed by atoms with Gasteiger partial charge in [-0.1, -0.05) is 36.9 Å². The van der Waals surface area contributed by atoms with Gasteiger partial charge in [-0.05, 0) is 12.0 Å². The second kappa shape index (κ2) is 8.50. The van der Waals surface area contributed by atoms with Gasteiger partial charge in [0.2, 0.25) is 0 Å². The van der Waals surface area contributed by atoms with Gasteiger partial charge in [-0.15, -0.1) is 0 Å². The molecular formula is C13H16O4. The smallest absolute Gasteiger partial charge is 0.365 e. The first-order valence-corrected chi connectivity index (χ1v) is 5.40. The normalized spacial score (nSPS) is 9.88. The molecule has 17 heavy (non-hydrogen) atoms. The lowest BCUT2D eigenvalue weighted by molar-refractivity contribution is -0.271. The molecule has 0 aliphatic carbocycles. The van der Waals surface area contributed by atoms with Crippen molar-refractivity contribution in [2.45, 2.75) is 6.42 Å². The molecule has 4 nitrogen and oxygen atoms in total. The van der Waals surface area contributed by atoms with Gasteiger partial charge in [-0.25, -0.2) is 4.79 Å². The summed E-state index contributed by atoms with van der Waals surface area (Å²) in [4.78, 5) is 19.5. The molecule has 0 unspecified atom stereocenters. The molecule has 1 aromatic rings. The number of rotatable bonds is 8. The SMILES string of the molecule is C=CC(=O)OOCCOCCc1ccccc1. The maximum absolute atomic E-state index is 10.6. The molecule has 0 amide bonds. The molecule has 0 aliphatic heterocycles. The van der Waals surface area contributed by atoms with Crippen LogP contribution in [-0.2, 0) is 25.7 Å². The van der Waals surface area contributed by atoms with Crippen LogP contribution >= 0.6 is 0 Å². The Bertz CT molecular complexity index is 335. The van der Waals surface area contributed by atoms with Gasteiger partial charge in [0.05, 0.1) is 13.2 Å². The number of ether oxygens (including phenoxy) is 1. The van der Waals surface area contributed by atoms with Gasteiger partial charge < -0.3 is 4.74 Å². The van der Waals surface area contributed by atoms with E-state index in [-0.39, 0.29) is 6.61 Å². The molecule has 0 spiro atoms. The summed E-state index contributed by atoms with van der Waals surface area (Å²) >= 11 is 0. The largest absolute Gasteiger partial charge is 0.379 e. The lowest BCUT2D eigenvalue weighted by Gasteiger charge is -2.04. The molecule has 0 aliphatic rings. The van der Waals surface area contributed by atoms with Crippen molar-refractivity contribution in [1.29, 1.82) is 0 Å². The minimum absolute atomic E-state index is 0.217. The molecule has 1 rings (SSSR count). The van der Waals surface area contributed by atoms with E-state index >= 15 is 0 Å². The average Bonchev–Trinajstić information content (AvgIpc) is 2.38. The first kappa shape index (κ1) is 13.4. The summed E-state index contributed by atoms with van der Waals surface area (Å²) in [6, 6.07) is 10.1. The van der Waals surface area contributed by atoms with Crippen LogP contribution in [0.4, 0.5) is 0 Å². The van der Waals surface area contributed by atoms with E-state index in [4.69, 9.17) is 4.74 Å². The number of hydrogen-bond donors (Lipinski definition) is 0. The Morgan fingerprint density at radius 3 is 2.65 bits per heavy atom. The Hall–Kier alpha value is -1.65. The topological polar surface area (TPSA) is 44.8 Å². The van der Waals surface area contributed by atoms with Crippen LogP contribution in [-0.4, -0.2) is 25.8 Å². The highest BCUT2D eigenvalue weighted by Gasteiger charge is 1.96. The van der Waals surface area contributed by atoms with Crippen LogP contribution in [0.15, 0.2) is 43.0 Å². The lowest BCUT2D eigenvalue weighted by Crippen LogP contribution is -2.09. The van der Waals surface area contributed by atoms with Crippen molar-refractivity contribution in [3.8, 4) is 0 Å². The highest BCUT2D eigenvalue weighted by atomic mass is 17.2. The van der Waals surface area contributed by atoms with E-state index in [9.17, 15) is 4.79 Å². The maximum Gasteiger partial charge on any atom is 0.365 e. The van der Waals surface area contributed by atoms with Crippen molar-refractivity contribution in [3.63, 3.8) is 0 Å². The lowest BCUT2D eigenvalue weighted by atomic mass is 10.2. The van der Waals surface area contributed by atoms with Crippen molar-refractivity contribution in [1.82, 2.24) is 0 Å². The minimum Gasteiger partial charge on any atom is -0.379 e. The van der Waals surface area contributed by atoms with Crippen LogP contribution < -0.4 is 0 Å². The summed E-state index contributed by atoms with van der Waals surface area (Å²) in [5.74, 6) is -0.603. The van der Waals surface area contributed by atoms with Crippen molar-refractivity contribution in [2.75, 3.05) is 19.8 Å². The molecule has 92 valence electrons. The molecule has 0 N–H and O–H groups in total. The third kappa shape index (κ3) is 6.50. The molecule has 0 saturated heterocycles. The van der Waals surface area contributed by atoms with Crippen molar-refractivity contribution >= 4 is 5.97 Å². The van der Waals surface area contributed by atoms with Crippen LogP contribution in [0.3, 0.4) is 0 Å². The van der Waals surface area contributed by atoms with Crippen LogP contribution in [0.5, 0.6) is 0 Å². The van der Waals surface area contributed by atoms with Gasteiger partial charge >= 0.3 is 5.97 Å². The molecule has 0 atom stereocenters. The molecule has 1 aromatic carbocycles. The van der Waals surface area contributed by atoms with Crippen LogP contribution in [0.2, 0.25) is 0 Å². The first-order chi connectivity index (χ1) is 8.33. The van der Waals surface area contributed by atoms with Gasteiger partial charge in [0, 0.05) is 6.08 Å². The molecule has 4 heteroatoms. The summed E-state index contributed by atoms with van der Waals surface area (Å²) in [5, 5.41) is 0. The van der Waals surface area contributed by atoms with E-state index in [0.29, 0.717) is 13.2 Å². The Morgan fingerprint density at radius 1 is 1.18 bits per heavy atom. The van der Waals surface area contributed by atoms with Crippen LogP contribution in [0.1, 0.15) is 5.56 Å². The maximum atomic E-state index is 10.6. The predicted molar refractivity (Wildman–Crippen MR) is 63.2 cm³/mol. The van der Waals surface area contributed by atoms with E-state index in [2.05, 4.69) is 16.4 Å². The van der Waals surface area contributed by atoms with Gasteiger partial charge in [0.1, 0.15) is 6.61 Å². The highest BCUT2D eigenvalue weighted by molar-refractivity contribution is 5.80. The second-order valence-corrected chi connectivity index (χ2v) is 3.28. The van der Waals surface area contributed by atoms with Crippen LogP contribution in [0, 0.1) is 0 Å². The van der Waals surface area contributed by atoms with Gasteiger partial charge in [-0.2, -0.15) is 4.89 Å². The predicted octanol–water partition coefficient (Wildman–Crippen LogP) is 1.91. The summed E-state index contributed by atoms with van der Waals surface area (Å²) < 4.78 is 5.31. The van der Waals surface area contributed by atoms with Crippen LogP contribution in [0.25, 0.3) is 0 Å². The zero-order chi connectivity index (χ0) is 12.3. The Balaban J connectivity index is 1.95. The summed E-state index contributed by atoms with van der Waals surface area (Å²) in [6.07, 6.45) is 1.89. The van der Waals surface area contributed by atoms with Gasteiger partial charge in [0.25, 0.3) is 0 Å². The average molecular weight is 236 g/mol. The molecule has 0 heterocycles. The monoisotopic (exact) mass is 236 g/mol. The minimum atomic E-state index is -0.603. The molecule has 0 bridgehead atoms. The zero-order valence-corrected chi connectivity index (χ0v) is 9.63. The summed E-state index contributed by atoms with van der Waals surface area (Å²) in [5.41, 5.74) is 1.23. The molecule has 0 radical (unpaired) electrons. The number of carbonyl (C=O) groups is 1. The third-order valence-electron chi connectivity index (χ3n) is 2.00. The van der Waals surface area contributed by atoms with Crippen molar-refractivity contribution in [2.24, 2.45) is 0 Å². The third-order valence-corrected chi connectivity index (χ3v) is 2.00. The highest BCUT2D eigenvalue weighted by Crippen LogP contribution is 1.99. The van der Waals surface area contributed by atoms with Crippen molar-refractivity contribution in [3.05, 3.63) is 48.6 Å². The summed E-state index contributed by atoms with van der Waals surface area (Å²) in [7, 11) is 0. The molecular weight excluding hydrogens is 220 g/mol. The Kier molecular flexibility index (Phi) is 6.70.